The first-order valence-corrected chi connectivity index (χ1v) is 4.64. The van der Waals surface area contributed by atoms with Crippen molar-refractivity contribution in [2.24, 2.45) is 0 Å². The molecule has 67 valence electrons. The molecule has 0 spiro atoms. The number of aryl methyl sites for hydroxylation is 2. The van der Waals surface area contributed by atoms with Crippen LogP contribution in [0.4, 0.5) is 0 Å². The Kier molecular flexibility index (Phi) is 2.05. The lowest BCUT2D eigenvalue weighted by Crippen LogP contribution is -1.91. The van der Waals surface area contributed by atoms with Gasteiger partial charge in [-0.25, -0.2) is 4.98 Å². The first-order chi connectivity index (χ1) is 6.36. The van der Waals surface area contributed by atoms with Gasteiger partial charge in [-0.3, -0.25) is 0 Å². The molecule has 0 aliphatic rings. The van der Waals surface area contributed by atoms with Crippen LogP contribution in [0.15, 0.2) is 16.5 Å². The van der Waals surface area contributed by atoms with Gasteiger partial charge >= 0.3 is 0 Å². The molecule has 0 amide bonds. The molecule has 2 nitrogen and oxygen atoms in total. The van der Waals surface area contributed by atoms with Gasteiger partial charge in [-0.05, 0) is 30.0 Å². The van der Waals surface area contributed by atoms with Gasteiger partial charge in [0.2, 0.25) is 0 Å². The summed E-state index contributed by atoms with van der Waals surface area (Å²) in [7, 11) is 0. The average molecular weight is 174 g/mol. The van der Waals surface area contributed by atoms with Crippen molar-refractivity contribution in [3.63, 3.8) is 0 Å². The number of rotatable bonds is 2. The van der Waals surface area contributed by atoms with E-state index in [4.69, 9.17) is 4.42 Å². The van der Waals surface area contributed by atoms with Gasteiger partial charge in [0.05, 0.1) is 0 Å². The highest BCUT2D eigenvalue weighted by molar-refractivity contribution is 5.77. The van der Waals surface area contributed by atoms with Crippen LogP contribution in [0.1, 0.15) is 25.0 Å². The van der Waals surface area contributed by atoms with Gasteiger partial charge in [-0.1, -0.05) is 19.9 Å². The monoisotopic (exact) mass is 174 g/mol. The number of hydrogen-bond donors (Lipinski definition) is 0. The summed E-state index contributed by atoms with van der Waals surface area (Å²) in [5, 5.41) is 0. The number of hydrogen-bond acceptors (Lipinski definition) is 2. The minimum absolute atomic E-state index is 0.842. The minimum atomic E-state index is 0.842. The van der Waals surface area contributed by atoms with E-state index in [1.807, 2.05) is 6.07 Å². The van der Waals surface area contributed by atoms with Crippen molar-refractivity contribution < 1.29 is 4.42 Å². The van der Waals surface area contributed by atoms with Crippen molar-refractivity contribution in [2.75, 3.05) is 0 Å². The molecule has 2 heteroatoms. The molecule has 0 N–H and O–H groups in total. The minimum Gasteiger partial charge on any atom is -0.432 e. The summed E-state index contributed by atoms with van der Waals surface area (Å²) in [4.78, 5) is 4.11. The van der Waals surface area contributed by atoms with Crippen LogP contribution in [0.2, 0.25) is 0 Å². The van der Waals surface area contributed by atoms with E-state index in [1.165, 1.54) is 11.1 Å². The molecule has 2 rings (SSSR count). The van der Waals surface area contributed by atoms with Crippen molar-refractivity contribution in [2.45, 2.75) is 26.7 Å². The van der Waals surface area contributed by atoms with Crippen molar-refractivity contribution in [1.82, 2.24) is 4.98 Å². The topological polar surface area (TPSA) is 26.0 Å². The van der Waals surface area contributed by atoms with Gasteiger partial charge in [0.25, 0.3) is 6.39 Å². The summed E-state index contributed by atoms with van der Waals surface area (Å²) in [5.74, 6) is 0. The zero-order valence-electron chi connectivity index (χ0n) is 7.92. The Labute approximate surface area is 77.6 Å². The Morgan fingerprint density at radius 3 is 2.85 bits per heavy atom. The smallest absolute Gasteiger partial charge is 0.284 e. The fourth-order valence-electron chi connectivity index (χ4n) is 1.70. The van der Waals surface area contributed by atoms with E-state index in [9.17, 15) is 0 Å². The van der Waals surface area contributed by atoms with Crippen molar-refractivity contribution in [1.29, 1.82) is 0 Å². The van der Waals surface area contributed by atoms with E-state index in [0.717, 1.165) is 23.9 Å². The summed E-state index contributed by atoms with van der Waals surface area (Å²) in [6.07, 6.45) is 4.59. The number of nitrogens with zero attached hydrogens (tertiary/aromatic N) is 1. The molecule has 0 saturated heterocycles. The predicted molar refractivity (Wildman–Crippen MR) is 51.6 cm³/mol. The molecule has 0 saturated carbocycles. The SMILES string of the molecule is CCc1ccc2o[c]nc2c1CC. The maximum absolute atomic E-state index is 5.12. The van der Waals surface area contributed by atoms with Gasteiger partial charge in [-0.2, -0.15) is 0 Å². The third-order valence-corrected chi connectivity index (χ3v) is 2.39. The molecule has 0 fully saturated rings. The maximum atomic E-state index is 5.12. The molecule has 0 unspecified atom stereocenters. The third-order valence-electron chi connectivity index (χ3n) is 2.39. The number of oxazole rings is 1. The normalized spacial score (nSPS) is 10.9. The second kappa shape index (κ2) is 3.21. The molecular weight excluding hydrogens is 162 g/mol. The Hall–Kier alpha value is -1.31. The molecule has 0 aliphatic heterocycles. The fourth-order valence-corrected chi connectivity index (χ4v) is 1.70. The van der Waals surface area contributed by atoms with Crippen molar-refractivity contribution in [3.05, 3.63) is 29.7 Å². The fraction of sp³-hybridized carbons (Fsp3) is 0.364. The second-order valence-corrected chi connectivity index (χ2v) is 3.06. The molecule has 1 aromatic heterocycles. The number of fused-ring (bicyclic) bond motifs is 1. The molecule has 1 radical (unpaired) electrons. The summed E-state index contributed by atoms with van der Waals surface area (Å²) < 4.78 is 5.12. The maximum Gasteiger partial charge on any atom is 0.284 e. The lowest BCUT2D eigenvalue weighted by Gasteiger charge is -2.04. The van der Waals surface area contributed by atoms with Crippen LogP contribution >= 0.6 is 0 Å². The van der Waals surface area contributed by atoms with Crippen molar-refractivity contribution in [3.8, 4) is 0 Å². The summed E-state index contributed by atoms with van der Waals surface area (Å²) in [6, 6.07) is 4.08. The Bertz CT molecular complexity index is 417. The summed E-state index contributed by atoms with van der Waals surface area (Å²) in [6.45, 7) is 4.30. The highest BCUT2D eigenvalue weighted by atomic mass is 16.3. The number of aromatic nitrogens is 1. The zero-order chi connectivity index (χ0) is 9.26. The highest BCUT2D eigenvalue weighted by Crippen LogP contribution is 2.21. The van der Waals surface area contributed by atoms with E-state index in [2.05, 4.69) is 31.3 Å². The van der Waals surface area contributed by atoms with Crippen LogP contribution in [0, 0.1) is 6.39 Å². The van der Waals surface area contributed by atoms with Crippen LogP contribution in [-0.4, -0.2) is 4.98 Å². The van der Waals surface area contributed by atoms with Crippen LogP contribution < -0.4 is 0 Å². The quantitative estimate of drug-likeness (QED) is 0.699. The summed E-state index contributed by atoms with van der Waals surface area (Å²) in [5.41, 5.74) is 4.47. The molecule has 1 aromatic carbocycles. The van der Waals surface area contributed by atoms with E-state index in [0.29, 0.717) is 0 Å². The second-order valence-electron chi connectivity index (χ2n) is 3.06. The Balaban J connectivity index is 2.74. The predicted octanol–water partition coefficient (Wildman–Crippen LogP) is 2.75. The standard InChI is InChI=1S/C11H12NO/c1-3-8-5-6-10-11(9(8)4-2)12-7-13-10/h5-6H,3-4H2,1-2H3. The third kappa shape index (κ3) is 1.22. The van der Waals surface area contributed by atoms with Gasteiger partial charge in [0, 0.05) is 0 Å². The van der Waals surface area contributed by atoms with Crippen LogP contribution in [0.25, 0.3) is 11.1 Å². The van der Waals surface area contributed by atoms with Crippen molar-refractivity contribution >= 4 is 11.1 Å². The first kappa shape index (κ1) is 8.30. The van der Waals surface area contributed by atoms with E-state index in [1.54, 1.807) is 0 Å². The molecule has 2 aromatic rings. The van der Waals surface area contributed by atoms with E-state index < -0.39 is 0 Å². The van der Waals surface area contributed by atoms with Gasteiger partial charge in [0.1, 0.15) is 5.52 Å². The Morgan fingerprint density at radius 1 is 1.31 bits per heavy atom. The summed E-state index contributed by atoms with van der Waals surface area (Å²) >= 11 is 0. The highest BCUT2D eigenvalue weighted by Gasteiger charge is 2.07. The molecule has 1 heterocycles. The van der Waals surface area contributed by atoms with Crippen LogP contribution in [-0.2, 0) is 12.8 Å². The zero-order valence-corrected chi connectivity index (χ0v) is 7.92. The van der Waals surface area contributed by atoms with Crippen LogP contribution in [0.5, 0.6) is 0 Å². The Morgan fingerprint density at radius 2 is 2.15 bits per heavy atom. The van der Waals surface area contributed by atoms with Crippen LogP contribution in [0.3, 0.4) is 0 Å². The molecule has 0 atom stereocenters. The van der Waals surface area contributed by atoms with E-state index >= 15 is 0 Å². The lowest BCUT2D eigenvalue weighted by molar-refractivity contribution is 0.591. The molecule has 13 heavy (non-hydrogen) atoms. The van der Waals surface area contributed by atoms with Gasteiger partial charge in [-0.15, -0.1) is 0 Å². The van der Waals surface area contributed by atoms with E-state index in [-0.39, 0.29) is 0 Å². The van der Waals surface area contributed by atoms with Gasteiger partial charge < -0.3 is 4.42 Å². The average Bonchev–Trinajstić information content (AvgIpc) is 2.63. The lowest BCUT2D eigenvalue weighted by atomic mass is 10.0. The number of benzene rings is 1. The molecule has 0 bridgehead atoms. The first-order valence-electron chi connectivity index (χ1n) is 4.64. The largest absolute Gasteiger partial charge is 0.432 e. The van der Waals surface area contributed by atoms with Gasteiger partial charge in [0.15, 0.2) is 5.58 Å². The molecule has 0 aliphatic carbocycles. The molecular formula is C11H12NO.